The van der Waals surface area contributed by atoms with Crippen molar-refractivity contribution in [3.63, 3.8) is 0 Å². The third-order valence-electron chi connectivity index (χ3n) is 3.09. The lowest BCUT2D eigenvalue weighted by Gasteiger charge is -2.00. The molecule has 0 N–H and O–H groups in total. The fourth-order valence-electron chi connectivity index (χ4n) is 1.98. The van der Waals surface area contributed by atoms with Crippen molar-refractivity contribution in [3.05, 3.63) is 63.7 Å². The van der Waals surface area contributed by atoms with E-state index in [1.54, 1.807) is 25.3 Å². The first-order valence-electron chi connectivity index (χ1n) is 6.27. The molecule has 0 aliphatic rings. The monoisotopic (exact) mass is 297 g/mol. The predicted octanol–water partition coefficient (Wildman–Crippen LogP) is 4.09. The van der Waals surface area contributed by atoms with Gasteiger partial charge in [0.15, 0.2) is 0 Å². The van der Waals surface area contributed by atoms with Crippen molar-refractivity contribution in [3.8, 4) is 22.0 Å². The highest BCUT2D eigenvalue weighted by molar-refractivity contribution is 7.13. The van der Waals surface area contributed by atoms with Crippen LogP contribution in [0.15, 0.2) is 48.0 Å². The minimum absolute atomic E-state index is 0.111. The Labute approximate surface area is 125 Å². The number of nitrogens with zero attached hydrogens (tertiary/aromatic N) is 3. The maximum absolute atomic E-state index is 11.0. The largest absolute Gasteiger partial charge is 0.272 e. The second kappa shape index (κ2) is 5.41. The van der Waals surface area contributed by atoms with Crippen LogP contribution in [0.25, 0.3) is 22.0 Å². The zero-order valence-electron chi connectivity index (χ0n) is 11.2. The summed E-state index contributed by atoms with van der Waals surface area (Å²) in [6.45, 7) is 1.72. The average molecular weight is 297 g/mol. The first kappa shape index (κ1) is 13.4. The molecule has 0 atom stereocenters. The van der Waals surface area contributed by atoms with Crippen LogP contribution in [0.3, 0.4) is 0 Å². The molecule has 0 saturated heterocycles. The third-order valence-corrected chi connectivity index (χ3v) is 3.95. The summed E-state index contributed by atoms with van der Waals surface area (Å²) < 4.78 is 0. The van der Waals surface area contributed by atoms with Gasteiger partial charge in [-0.1, -0.05) is 18.2 Å². The lowest BCUT2D eigenvalue weighted by atomic mass is 10.1. The molecular formula is C15H11N3O2S. The molecular weight excluding hydrogens is 286 g/mol. The summed E-state index contributed by atoms with van der Waals surface area (Å²) in [7, 11) is 0. The van der Waals surface area contributed by atoms with Gasteiger partial charge in [0.05, 0.1) is 16.3 Å². The van der Waals surface area contributed by atoms with Crippen molar-refractivity contribution < 1.29 is 4.92 Å². The number of rotatable bonds is 3. The van der Waals surface area contributed by atoms with E-state index in [0.29, 0.717) is 5.56 Å². The second-order valence-electron chi connectivity index (χ2n) is 4.51. The van der Waals surface area contributed by atoms with Gasteiger partial charge < -0.3 is 0 Å². The van der Waals surface area contributed by atoms with Crippen LogP contribution in [0.1, 0.15) is 5.56 Å². The molecule has 0 aliphatic heterocycles. The van der Waals surface area contributed by atoms with E-state index < -0.39 is 0 Å². The molecule has 0 bridgehead atoms. The summed E-state index contributed by atoms with van der Waals surface area (Å²) in [6.07, 6.45) is 1.72. The Bertz CT molecular complexity index is 800. The molecule has 21 heavy (non-hydrogen) atoms. The molecule has 0 amide bonds. The van der Waals surface area contributed by atoms with Gasteiger partial charge in [-0.25, -0.2) is 4.98 Å². The molecule has 0 aliphatic carbocycles. The molecule has 3 aromatic rings. The Balaban J connectivity index is 2.01. The fraction of sp³-hybridized carbons (Fsp3) is 0.0667. The van der Waals surface area contributed by atoms with E-state index in [9.17, 15) is 10.1 Å². The first-order chi connectivity index (χ1) is 10.1. The Morgan fingerprint density at radius 3 is 2.76 bits per heavy atom. The molecule has 6 heteroatoms. The van der Waals surface area contributed by atoms with Crippen molar-refractivity contribution in [1.29, 1.82) is 0 Å². The van der Waals surface area contributed by atoms with Gasteiger partial charge in [-0.15, -0.1) is 11.3 Å². The highest BCUT2D eigenvalue weighted by Crippen LogP contribution is 2.30. The van der Waals surface area contributed by atoms with Gasteiger partial charge in [-0.05, 0) is 19.1 Å². The predicted molar refractivity (Wildman–Crippen MR) is 82.2 cm³/mol. The van der Waals surface area contributed by atoms with E-state index in [4.69, 9.17) is 0 Å². The number of nitro benzene ring substituents is 1. The quantitative estimate of drug-likeness (QED) is 0.539. The van der Waals surface area contributed by atoms with Crippen LogP contribution in [0, 0.1) is 17.0 Å². The SMILES string of the molecule is Cc1ccc(-c2csc(-c3ccccn3)n2)cc1[N+](=O)[O-]. The normalized spacial score (nSPS) is 10.5. The van der Waals surface area contributed by atoms with E-state index in [-0.39, 0.29) is 10.6 Å². The smallest absolute Gasteiger partial charge is 0.258 e. The Kier molecular flexibility index (Phi) is 3.45. The van der Waals surface area contributed by atoms with Crippen LogP contribution in [0.2, 0.25) is 0 Å². The number of nitro groups is 1. The summed E-state index contributed by atoms with van der Waals surface area (Å²) in [5, 5.41) is 13.7. The molecule has 2 heterocycles. The molecule has 1 aromatic carbocycles. The Morgan fingerprint density at radius 2 is 2.05 bits per heavy atom. The molecule has 3 rings (SSSR count). The van der Waals surface area contributed by atoms with Gasteiger partial charge in [-0.2, -0.15) is 0 Å². The maximum Gasteiger partial charge on any atom is 0.272 e. The van der Waals surface area contributed by atoms with Gasteiger partial charge in [0, 0.05) is 28.8 Å². The van der Waals surface area contributed by atoms with Crippen LogP contribution in [-0.2, 0) is 0 Å². The van der Waals surface area contributed by atoms with E-state index in [0.717, 1.165) is 22.0 Å². The van der Waals surface area contributed by atoms with Crippen LogP contribution >= 0.6 is 11.3 Å². The summed E-state index contributed by atoms with van der Waals surface area (Å²) in [4.78, 5) is 19.4. The van der Waals surface area contributed by atoms with Gasteiger partial charge in [0.2, 0.25) is 0 Å². The van der Waals surface area contributed by atoms with Crippen molar-refractivity contribution >= 4 is 17.0 Å². The minimum atomic E-state index is -0.370. The molecule has 0 unspecified atom stereocenters. The summed E-state index contributed by atoms with van der Waals surface area (Å²) in [6, 6.07) is 10.8. The zero-order chi connectivity index (χ0) is 14.8. The lowest BCUT2D eigenvalue weighted by Crippen LogP contribution is -1.92. The van der Waals surface area contributed by atoms with Crippen molar-refractivity contribution in [2.24, 2.45) is 0 Å². The number of hydrogen-bond acceptors (Lipinski definition) is 5. The minimum Gasteiger partial charge on any atom is -0.258 e. The number of hydrogen-bond donors (Lipinski definition) is 0. The van der Waals surface area contributed by atoms with Gasteiger partial charge >= 0.3 is 0 Å². The van der Waals surface area contributed by atoms with Crippen molar-refractivity contribution in [2.45, 2.75) is 6.92 Å². The number of pyridine rings is 1. The Morgan fingerprint density at radius 1 is 1.19 bits per heavy atom. The number of thiazole rings is 1. The maximum atomic E-state index is 11.0. The molecule has 104 valence electrons. The summed E-state index contributed by atoms with van der Waals surface area (Å²) >= 11 is 1.47. The highest BCUT2D eigenvalue weighted by Gasteiger charge is 2.14. The van der Waals surface area contributed by atoms with Crippen LogP contribution < -0.4 is 0 Å². The molecule has 2 aromatic heterocycles. The first-order valence-corrected chi connectivity index (χ1v) is 7.15. The summed E-state index contributed by atoms with van der Waals surface area (Å²) in [5.41, 5.74) is 3.02. The topological polar surface area (TPSA) is 68.9 Å². The van der Waals surface area contributed by atoms with Gasteiger partial charge in [0.1, 0.15) is 5.01 Å². The highest BCUT2D eigenvalue weighted by atomic mass is 32.1. The van der Waals surface area contributed by atoms with E-state index in [1.807, 2.05) is 29.6 Å². The average Bonchev–Trinajstić information content (AvgIpc) is 2.98. The van der Waals surface area contributed by atoms with Gasteiger partial charge in [-0.3, -0.25) is 15.1 Å². The molecule has 0 spiro atoms. The van der Waals surface area contributed by atoms with Gasteiger partial charge in [0.25, 0.3) is 5.69 Å². The molecule has 0 saturated carbocycles. The van der Waals surface area contributed by atoms with E-state index in [1.165, 1.54) is 11.3 Å². The molecule has 0 radical (unpaired) electrons. The fourth-order valence-corrected chi connectivity index (χ4v) is 2.78. The standard InChI is InChI=1S/C15H11N3O2S/c1-10-5-6-11(8-14(10)18(19)20)13-9-21-15(17-13)12-4-2-3-7-16-12/h2-9H,1H3. The number of benzene rings is 1. The third kappa shape index (κ3) is 2.66. The Hall–Kier alpha value is -2.60. The molecule has 0 fully saturated rings. The van der Waals surface area contributed by atoms with Crippen molar-refractivity contribution in [2.75, 3.05) is 0 Å². The van der Waals surface area contributed by atoms with Crippen LogP contribution in [0.5, 0.6) is 0 Å². The van der Waals surface area contributed by atoms with Crippen LogP contribution in [-0.4, -0.2) is 14.9 Å². The number of aromatic nitrogens is 2. The number of aryl methyl sites for hydroxylation is 1. The molecule has 5 nitrogen and oxygen atoms in total. The van der Waals surface area contributed by atoms with E-state index in [2.05, 4.69) is 9.97 Å². The van der Waals surface area contributed by atoms with E-state index >= 15 is 0 Å². The zero-order valence-corrected chi connectivity index (χ0v) is 12.0. The second-order valence-corrected chi connectivity index (χ2v) is 5.37. The lowest BCUT2D eigenvalue weighted by molar-refractivity contribution is -0.385. The van der Waals surface area contributed by atoms with Crippen molar-refractivity contribution in [1.82, 2.24) is 9.97 Å². The summed E-state index contributed by atoms with van der Waals surface area (Å²) in [5.74, 6) is 0. The van der Waals surface area contributed by atoms with Crippen LogP contribution in [0.4, 0.5) is 5.69 Å².